The van der Waals surface area contributed by atoms with Crippen molar-refractivity contribution in [3.63, 3.8) is 0 Å². The van der Waals surface area contributed by atoms with Crippen LogP contribution in [0.2, 0.25) is 0 Å². The first-order valence-corrected chi connectivity index (χ1v) is 32.5. The second-order valence-corrected chi connectivity index (χ2v) is 25.8. The Kier molecular flexibility index (Phi) is 24.0. The molecule has 0 spiro atoms. The highest BCUT2D eigenvalue weighted by atomic mass is 16.8. The number of hydrogen-bond acceptors (Lipinski definition) is 36. The molecule has 21 saturated heterocycles. The van der Waals surface area contributed by atoms with Crippen LogP contribution in [-0.2, 0) is 77.5 Å². The fraction of sp³-hybridized carbons (Fsp3) is 0.726. The molecule has 25 rings (SSSR count). The van der Waals surface area contributed by atoms with Gasteiger partial charge in [0.1, 0.15) is 171 Å². The molecule has 4 aromatic rings. The summed E-state index contributed by atoms with van der Waals surface area (Å²) >= 11 is 0. The number of ether oxygens (including phenoxy) is 14. The zero-order valence-electron chi connectivity index (χ0n) is 52.5. The molecular weight excluding hydrogens is 1330 g/mol. The molecule has 0 saturated carbocycles. The summed E-state index contributed by atoms with van der Waals surface area (Å²) in [6.07, 6.45) is -70.6. The van der Waals surface area contributed by atoms with Gasteiger partial charge in [-0.2, -0.15) is 0 Å². The molecule has 22 N–H and O–H groups in total. The van der Waals surface area contributed by atoms with Gasteiger partial charge >= 0.3 is 0 Å². The quantitative estimate of drug-likeness (QED) is 0.0437. The van der Waals surface area contributed by atoms with Crippen LogP contribution in [0.3, 0.4) is 0 Å². The van der Waals surface area contributed by atoms with Gasteiger partial charge in [0.2, 0.25) is 5.91 Å². The number of hydrogen-bond donors (Lipinski definition) is 22. The fourth-order valence-electron chi connectivity index (χ4n) is 14.2. The smallest absolute Gasteiger partial charge is 0.224 e. The number of benzene rings is 4. The summed E-state index contributed by atoms with van der Waals surface area (Å²) in [7, 11) is 0. The third-order valence-corrected chi connectivity index (χ3v) is 19.5. The van der Waals surface area contributed by atoms with E-state index in [2.05, 4.69) is 10.6 Å². The Labute approximate surface area is 561 Å². The molecule has 21 fully saturated rings. The zero-order valence-corrected chi connectivity index (χ0v) is 52.5. The number of carbonyl (C=O) groups excluding carboxylic acids is 1. The predicted octanol–water partition coefficient (Wildman–Crippen LogP) is -11.4. The van der Waals surface area contributed by atoms with Gasteiger partial charge in [-0.1, -0.05) is 54.6 Å². The van der Waals surface area contributed by atoms with Gasteiger partial charge in [0.05, 0.1) is 46.1 Å². The Bertz CT molecular complexity index is 3240. The van der Waals surface area contributed by atoms with Gasteiger partial charge < -0.3 is 179 Å². The van der Waals surface area contributed by atoms with E-state index in [1.165, 1.54) is 0 Å². The van der Waals surface area contributed by atoms with Crippen LogP contribution in [0.25, 0.3) is 32.3 Å². The van der Waals surface area contributed by atoms with Crippen molar-refractivity contribution in [3.8, 4) is 0 Å². The lowest BCUT2D eigenvalue weighted by Crippen LogP contribution is -2.68. The van der Waals surface area contributed by atoms with E-state index in [0.29, 0.717) is 0 Å². The topological polar surface area (TPSA) is 575 Å². The number of aliphatic hydroxyl groups is 20. The lowest BCUT2D eigenvalue weighted by molar-refractivity contribution is -0.396. The van der Waals surface area contributed by atoms with E-state index in [1.54, 1.807) is 0 Å². The van der Waals surface area contributed by atoms with Crippen LogP contribution < -0.4 is 10.6 Å². The molecule has 0 radical (unpaired) electrons. The van der Waals surface area contributed by atoms with Gasteiger partial charge in [-0.05, 0) is 37.9 Å². The van der Waals surface area contributed by atoms with Gasteiger partial charge in [0.15, 0.2) is 44.0 Å². The molecule has 554 valence electrons. The largest absolute Gasteiger partial charge is 0.394 e. The molecule has 1 amide bonds. The molecule has 99 heavy (non-hydrogen) atoms. The zero-order chi connectivity index (χ0) is 70.6. The molecule has 21 heterocycles. The predicted molar refractivity (Wildman–Crippen MR) is 321 cm³/mol. The lowest BCUT2D eigenvalue weighted by atomic mass is 9.91. The molecule has 0 aromatic heterocycles. The third-order valence-electron chi connectivity index (χ3n) is 19.5. The van der Waals surface area contributed by atoms with Crippen molar-refractivity contribution in [2.75, 3.05) is 59.3 Å². The van der Waals surface area contributed by atoms with Gasteiger partial charge in [-0.3, -0.25) is 4.79 Å². The number of amides is 1. The van der Waals surface area contributed by atoms with E-state index in [4.69, 9.17) is 66.3 Å². The summed E-state index contributed by atoms with van der Waals surface area (Å²) < 4.78 is 81.9. The van der Waals surface area contributed by atoms with Crippen LogP contribution in [-0.4, -0.2) is 382 Å². The van der Waals surface area contributed by atoms with E-state index in [9.17, 15) is 107 Å². The third kappa shape index (κ3) is 14.7. The van der Waals surface area contributed by atoms with Crippen molar-refractivity contribution >= 4 is 38.2 Å². The first-order valence-electron chi connectivity index (χ1n) is 32.5. The lowest BCUT2D eigenvalue weighted by Gasteiger charge is -2.50. The maximum absolute atomic E-state index is 13.6. The molecule has 4 aromatic carbocycles. The van der Waals surface area contributed by atoms with Crippen LogP contribution in [0.4, 0.5) is 0 Å². The van der Waals surface area contributed by atoms with Gasteiger partial charge in [-0.25, -0.2) is 0 Å². The van der Waals surface area contributed by atoms with E-state index < -0.39 is 255 Å². The van der Waals surface area contributed by atoms with Crippen LogP contribution in [0.5, 0.6) is 0 Å². The second kappa shape index (κ2) is 31.8. The first-order chi connectivity index (χ1) is 47.5. The molecule has 35 atom stereocenters. The number of rotatable bonds is 13. The Morgan fingerprint density at radius 3 is 0.869 bits per heavy atom. The molecule has 0 aliphatic carbocycles. The summed E-state index contributed by atoms with van der Waals surface area (Å²) in [6.45, 7) is -6.73. The minimum Gasteiger partial charge on any atom is -0.394 e. The van der Waals surface area contributed by atoms with Crippen molar-refractivity contribution in [3.05, 3.63) is 60.2 Å². The Balaban J connectivity index is 0.796. The van der Waals surface area contributed by atoms with E-state index in [0.717, 1.165) is 37.9 Å². The van der Waals surface area contributed by atoms with E-state index >= 15 is 0 Å². The Morgan fingerprint density at radius 2 is 0.566 bits per heavy atom. The number of nitrogens with one attached hydrogen (secondary N) is 2. The fourth-order valence-corrected chi connectivity index (χ4v) is 14.2. The average Bonchev–Trinajstić information content (AvgIpc) is 0.754. The molecule has 37 heteroatoms. The normalized spacial score (nSPS) is 45.8. The summed E-state index contributed by atoms with van der Waals surface area (Å²) in [4.78, 5) is 13.6. The van der Waals surface area contributed by atoms with Crippen molar-refractivity contribution in [2.24, 2.45) is 0 Å². The van der Waals surface area contributed by atoms with E-state index in [-0.39, 0.29) is 32.0 Å². The van der Waals surface area contributed by atoms with E-state index in [1.807, 2.05) is 54.6 Å². The molecular formula is C62H86N2O35. The van der Waals surface area contributed by atoms with Gasteiger partial charge in [-0.15, -0.1) is 0 Å². The van der Waals surface area contributed by atoms with Crippen LogP contribution in [0.1, 0.15) is 5.56 Å². The van der Waals surface area contributed by atoms with Crippen LogP contribution >= 0.6 is 0 Å². The molecule has 37 nitrogen and oxygen atoms in total. The monoisotopic (exact) mass is 1420 g/mol. The maximum Gasteiger partial charge on any atom is 0.224 e. The van der Waals surface area contributed by atoms with Crippen LogP contribution in [0, 0.1) is 0 Å². The van der Waals surface area contributed by atoms with Crippen molar-refractivity contribution in [1.82, 2.24) is 10.6 Å². The molecule has 21 aliphatic rings. The molecule has 14 bridgehead atoms. The minimum absolute atomic E-state index is 0.00151. The SMILES string of the molecule is O=C(Cc1ccc2ccc3cccc4ccc1c2c34)NCCNC[C@H]1O[C@@H]2O[C@H]3[C@H](O)[C@@H](O)[C@@H](O[C@H]4[C@H](O)[C@@H](O)[C@@H](O[C@H]5[C@H](O)[C@@H](O)[C@@H](O[C@H]6[C@H](O)[C@@H](O)[C@@H](O[C@H]7[C@H](O)[C@@H](O)[C@@H](O[C@H]8[C@H](O)[C@@H](O)[C@@H](O[C@H]1[C@H](O)[C@H]2O)O[C@@H]8CO)O[C@@H]7CO)O[C@@H]6CO)O[C@@H]5CO)O[C@@H]4CO)O[C@@H]3CO. The molecule has 0 unspecified atom stereocenters. The first kappa shape index (κ1) is 74.7. The molecule has 21 aliphatic heterocycles. The average molecular weight is 1420 g/mol. The van der Waals surface area contributed by atoms with Gasteiger partial charge in [0.25, 0.3) is 0 Å². The number of aliphatic hydroxyl groups excluding tert-OH is 20. The van der Waals surface area contributed by atoms with Crippen LogP contribution in [0.15, 0.2) is 54.6 Å². The highest BCUT2D eigenvalue weighted by molar-refractivity contribution is 6.23. The Hall–Kier alpha value is -4.01. The van der Waals surface area contributed by atoms with Crippen molar-refractivity contribution in [2.45, 2.75) is 221 Å². The second-order valence-electron chi connectivity index (χ2n) is 25.8. The number of carbonyl (C=O) groups is 1. The maximum atomic E-state index is 13.6. The standard InChI is InChI=1S/C62H86N2O35/c65-14-26-50-37(74)44(81)58(88-26)96-52-28(16-67)90-60(46(83)39(52)76)98-54-30(18-69)92-62(48(85)41(54)78)99-55-31(19-70)91-61(47(84)40(55)77)97-53-29(17-68)89-59(45(82)38(53)75)95-51-27(15-66)87-57(43(80)36(51)73)93-49-25(86-56(94-50)42(79)35(49)72)13-63-10-11-64-32(71)12-23-7-6-22-5-4-20-2-1-3-21-8-9-24(23)34(22)33(20)21/h1-9,25-31,35-63,65-70,72-85H,10-19H2,(H,64,71)/t25-,26-,27-,28-,29-,30-,31-,35-,36-,37-,38-,39-,40-,41-,42-,43-,44-,45-,46-,47-,48-,49-,50-,51-,52-,53-,54-,55-,56-,57-,58-,59-,60-,61-,62-/m1/s1. The van der Waals surface area contributed by atoms with Crippen molar-refractivity contribution in [1.29, 1.82) is 0 Å². The minimum atomic E-state index is -2.23. The van der Waals surface area contributed by atoms with Crippen molar-refractivity contribution < 1.29 is 173 Å². The highest BCUT2D eigenvalue weighted by Crippen LogP contribution is 2.41. The summed E-state index contributed by atoms with van der Waals surface area (Å²) in [6, 6.07) is 17.9. The van der Waals surface area contributed by atoms with Gasteiger partial charge in [0, 0.05) is 19.6 Å². The Morgan fingerprint density at radius 1 is 0.303 bits per heavy atom. The summed E-state index contributed by atoms with van der Waals surface area (Å²) in [5.41, 5.74) is 0.767. The summed E-state index contributed by atoms with van der Waals surface area (Å²) in [5.74, 6) is -0.346. The highest BCUT2D eigenvalue weighted by Gasteiger charge is 2.60. The summed E-state index contributed by atoms with van der Waals surface area (Å²) in [5, 5.41) is 238.